The number of nitrogens with zero attached hydrogens (tertiary/aromatic N) is 5. The lowest BCUT2D eigenvalue weighted by Crippen LogP contribution is -2.48. The van der Waals surface area contributed by atoms with Crippen molar-refractivity contribution in [2.45, 2.75) is 19.4 Å². The lowest BCUT2D eigenvalue weighted by Gasteiger charge is -2.36. The van der Waals surface area contributed by atoms with Crippen molar-refractivity contribution in [1.82, 2.24) is 29.7 Å². The van der Waals surface area contributed by atoms with Crippen LogP contribution in [0, 0.1) is 0 Å². The van der Waals surface area contributed by atoms with Crippen molar-refractivity contribution in [3.8, 4) is 0 Å². The van der Waals surface area contributed by atoms with Gasteiger partial charge in [-0.3, -0.25) is 4.90 Å². The van der Waals surface area contributed by atoms with Crippen molar-refractivity contribution in [3.63, 3.8) is 0 Å². The number of piperazine rings is 1. The van der Waals surface area contributed by atoms with Gasteiger partial charge in [0.15, 0.2) is 11.5 Å². The second-order valence-electron chi connectivity index (χ2n) is 5.73. The number of fused-ring (bicyclic) bond motifs is 1. The second kappa shape index (κ2) is 6.36. The highest BCUT2D eigenvalue weighted by Gasteiger charge is 2.18. The molecule has 0 saturated carbocycles. The molecule has 0 radical (unpaired) electrons. The summed E-state index contributed by atoms with van der Waals surface area (Å²) in [7, 11) is 2.19. The van der Waals surface area contributed by atoms with E-state index in [9.17, 15) is 0 Å². The Labute approximate surface area is 124 Å². The highest BCUT2D eigenvalue weighted by molar-refractivity contribution is 5.81. The molecule has 7 nitrogen and oxygen atoms in total. The van der Waals surface area contributed by atoms with Gasteiger partial charge >= 0.3 is 0 Å². The van der Waals surface area contributed by atoms with Crippen LogP contribution in [-0.2, 0) is 0 Å². The molecule has 0 aliphatic carbocycles. The third-order valence-corrected chi connectivity index (χ3v) is 4.24. The number of nitrogens with one attached hydrogen (secondary N) is 2. The molecule has 0 bridgehead atoms. The number of hydrogen-bond acceptors (Lipinski definition) is 6. The third kappa shape index (κ3) is 3.30. The van der Waals surface area contributed by atoms with E-state index in [1.165, 1.54) is 13.1 Å². The molecule has 1 aliphatic rings. The Kier molecular flexibility index (Phi) is 4.31. The summed E-state index contributed by atoms with van der Waals surface area (Å²) in [5.41, 5.74) is 1.59. The Balaban J connectivity index is 1.50. The predicted molar refractivity (Wildman–Crippen MR) is 83.3 cm³/mol. The van der Waals surface area contributed by atoms with Gasteiger partial charge in [-0.2, -0.15) is 0 Å². The number of hydrogen-bond donors (Lipinski definition) is 2. The van der Waals surface area contributed by atoms with Crippen LogP contribution in [0.2, 0.25) is 0 Å². The van der Waals surface area contributed by atoms with Crippen molar-refractivity contribution < 1.29 is 0 Å². The van der Waals surface area contributed by atoms with Gasteiger partial charge in [0, 0.05) is 38.8 Å². The molecule has 1 atom stereocenters. The van der Waals surface area contributed by atoms with E-state index in [0.717, 1.165) is 37.4 Å². The lowest BCUT2D eigenvalue weighted by atomic mass is 10.1. The van der Waals surface area contributed by atoms with Gasteiger partial charge in [-0.15, -0.1) is 0 Å². The summed E-state index contributed by atoms with van der Waals surface area (Å²) in [6.45, 7) is 7.86. The van der Waals surface area contributed by atoms with E-state index in [1.54, 1.807) is 12.7 Å². The molecule has 1 aliphatic heterocycles. The topological polar surface area (TPSA) is 73.0 Å². The highest BCUT2D eigenvalue weighted by atomic mass is 15.3. The zero-order chi connectivity index (χ0) is 14.7. The van der Waals surface area contributed by atoms with Crippen LogP contribution in [0.25, 0.3) is 11.2 Å². The monoisotopic (exact) mass is 289 g/mol. The average molecular weight is 289 g/mol. The van der Waals surface area contributed by atoms with Crippen LogP contribution >= 0.6 is 0 Å². The molecule has 1 saturated heterocycles. The average Bonchev–Trinajstić information content (AvgIpc) is 2.97. The number of imidazole rings is 1. The van der Waals surface area contributed by atoms with Crippen molar-refractivity contribution in [3.05, 3.63) is 12.7 Å². The summed E-state index contributed by atoms with van der Waals surface area (Å²) in [5.74, 6) is 0.836. The number of likely N-dealkylation sites (N-methyl/N-ethyl adjacent to an activating group) is 1. The normalized spacial score (nSPS) is 19.0. The maximum absolute atomic E-state index is 4.28. The van der Waals surface area contributed by atoms with Crippen molar-refractivity contribution in [2.75, 3.05) is 45.1 Å². The zero-order valence-electron chi connectivity index (χ0n) is 12.7. The predicted octanol–water partition coefficient (Wildman–Crippen LogP) is 0.791. The number of rotatable bonds is 5. The first kappa shape index (κ1) is 14.2. The Morgan fingerprint density at radius 3 is 2.86 bits per heavy atom. The summed E-state index contributed by atoms with van der Waals surface area (Å²) >= 11 is 0. The first-order chi connectivity index (χ1) is 10.2. The van der Waals surface area contributed by atoms with Gasteiger partial charge in [0.05, 0.1) is 6.33 Å². The van der Waals surface area contributed by atoms with Crippen molar-refractivity contribution in [1.29, 1.82) is 0 Å². The third-order valence-electron chi connectivity index (χ3n) is 4.24. The van der Waals surface area contributed by atoms with Crippen LogP contribution in [0.5, 0.6) is 0 Å². The highest BCUT2D eigenvalue weighted by Crippen LogP contribution is 2.15. The summed E-state index contributed by atoms with van der Waals surface area (Å²) in [4.78, 5) is 20.6. The molecule has 2 aromatic rings. The van der Waals surface area contributed by atoms with Crippen molar-refractivity contribution >= 4 is 17.0 Å². The van der Waals surface area contributed by atoms with Crippen LogP contribution in [0.1, 0.15) is 13.3 Å². The van der Waals surface area contributed by atoms with E-state index in [0.29, 0.717) is 11.7 Å². The maximum atomic E-state index is 4.28. The summed E-state index contributed by atoms with van der Waals surface area (Å²) in [6, 6.07) is 0.588. The maximum Gasteiger partial charge on any atom is 0.182 e. The molecule has 0 unspecified atom stereocenters. The standard InChI is InChI=1S/C14H23N7/c1-11(21-7-5-20(2)6-8-21)3-4-15-13-12-14(17-9-16-12)19-10-18-13/h9-11H,3-8H2,1-2H3,(H2,15,16,17,18,19)/t11-/m0/s1. The molecule has 0 aromatic carbocycles. The molecular formula is C14H23N7. The van der Waals surface area contributed by atoms with Gasteiger partial charge in [0.25, 0.3) is 0 Å². The fourth-order valence-corrected chi connectivity index (χ4v) is 2.74. The van der Waals surface area contributed by atoms with E-state index in [2.05, 4.69) is 49.0 Å². The minimum Gasteiger partial charge on any atom is -0.368 e. The van der Waals surface area contributed by atoms with Crippen LogP contribution in [0.15, 0.2) is 12.7 Å². The quantitative estimate of drug-likeness (QED) is 0.848. The molecule has 2 aromatic heterocycles. The van der Waals surface area contributed by atoms with E-state index >= 15 is 0 Å². The van der Waals surface area contributed by atoms with E-state index < -0.39 is 0 Å². The van der Waals surface area contributed by atoms with Gasteiger partial charge in [-0.25, -0.2) is 15.0 Å². The van der Waals surface area contributed by atoms with E-state index in [1.807, 2.05) is 0 Å². The molecule has 3 heterocycles. The SMILES string of the molecule is C[C@@H](CCNc1ncnc2nc[nH]c12)N1CCN(C)CC1. The number of aromatic amines is 1. The minimum atomic E-state index is 0.588. The van der Waals surface area contributed by atoms with Crippen LogP contribution in [0.3, 0.4) is 0 Å². The minimum absolute atomic E-state index is 0.588. The molecule has 1 fully saturated rings. The second-order valence-corrected chi connectivity index (χ2v) is 5.73. The first-order valence-electron chi connectivity index (χ1n) is 7.54. The Morgan fingerprint density at radius 1 is 1.24 bits per heavy atom. The number of anilines is 1. The van der Waals surface area contributed by atoms with Gasteiger partial charge in [-0.1, -0.05) is 0 Å². The summed E-state index contributed by atoms with van der Waals surface area (Å²) < 4.78 is 0. The zero-order valence-corrected chi connectivity index (χ0v) is 12.7. The van der Waals surface area contributed by atoms with Gasteiger partial charge in [-0.05, 0) is 20.4 Å². The lowest BCUT2D eigenvalue weighted by molar-refractivity contribution is 0.116. The molecule has 114 valence electrons. The first-order valence-corrected chi connectivity index (χ1v) is 7.54. The largest absolute Gasteiger partial charge is 0.368 e. The fraction of sp³-hybridized carbons (Fsp3) is 0.643. The molecule has 2 N–H and O–H groups in total. The molecular weight excluding hydrogens is 266 g/mol. The van der Waals surface area contributed by atoms with Crippen LogP contribution < -0.4 is 5.32 Å². The molecule has 3 rings (SSSR count). The molecule has 0 amide bonds. The summed E-state index contributed by atoms with van der Waals surface area (Å²) in [5, 5.41) is 3.39. The van der Waals surface area contributed by atoms with E-state index in [4.69, 9.17) is 0 Å². The van der Waals surface area contributed by atoms with Crippen LogP contribution in [-0.4, -0.2) is 75.5 Å². The van der Waals surface area contributed by atoms with Crippen LogP contribution in [0.4, 0.5) is 5.82 Å². The Bertz CT molecular complexity index is 573. The molecule has 7 heteroatoms. The Hall–Kier alpha value is -1.73. The smallest absolute Gasteiger partial charge is 0.182 e. The number of H-pyrrole nitrogens is 1. The number of aromatic nitrogens is 4. The molecule has 21 heavy (non-hydrogen) atoms. The van der Waals surface area contributed by atoms with E-state index in [-0.39, 0.29) is 0 Å². The fourth-order valence-electron chi connectivity index (χ4n) is 2.74. The van der Waals surface area contributed by atoms with Gasteiger partial charge in [0.2, 0.25) is 0 Å². The van der Waals surface area contributed by atoms with Crippen molar-refractivity contribution in [2.24, 2.45) is 0 Å². The Morgan fingerprint density at radius 2 is 2.05 bits per heavy atom. The molecule has 0 spiro atoms. The van der Waals surface area contributed by atoms with Gasteiger partial charge in [0.1, 0.15) is 11.8 Å². The van der Waals surface area contributed by atoms with Gasteiger partial charge < -0.3 is 15.2 Å². The summed E-state index contributed by atoms with van der Waals surface area (Å²) in [6.07, 6.45) is 4.30.